The van der Waals surface area contributed by atoms with Crippen LogP contribution in [0.4, 0.5) is 0 Å². The topological polar surface area (TPSA) is 44.8 Å². The number of carbonyl (C=O) groups is 1. The number of hydrogen-bond acceptors (Lipinski definition) is 6. The van der Waals surface area contributed by atoms with Crippen LogP contribution in [0.25, 0.3) is 0 Å². The molecular weight excluding hydrogens is 288 g/mol. The molecule has 0 radical (unpaired) electrons. The van der Waals surface area contributed by atoms with Gasteiger partial charge in [-0.15, -0.1) is 0 Å². The Bertz CT molecular complexity index is 250. The highest BCUT2D eigenvalue weighted by Gasteiger charge is 2.38. The molecular formula is C11H24O4S2Si. The highest BCUT2D eigenvalue weighted by atomic mass is 32.2. The van der Waals surface area contributed by atoms with Gasteiger partial charge in [0.2, 0.25) is 0 Å². The largest absolute Gasteiger partial charge is 0.564 e. The first-order valence-electron chi connectivity index (χ1n) is 6.17. The van der Waals surface area contributed by atoms with Crippen molar-refractivity contribution >= 4 is 40.0 Å². The number of hydrogen-bond donors (Lipinski definition) is 2. The van der Waals surface area contributed by atoms with Gasteiger partial charge in [-0.1, -0.05) is 0 Å². The van der Waals surface area contributed by atoms with Crippen molar-refractivity contribution in [3.05, 3.63) is 0 Å². The van der Waals surface area contributed by atoms with Crippen LogP contribution >= 0.6 is 25.3 Å². The van der Waals surface area contributed by atoms with Crippen molar-refractivity contribution in [3.8, 4) is 0 Å². The summed E-state index contributed by atoms with van der Waals surface area (Å²) in [5.41, 5.74) is 0. The molecule has 0 saturated heterocycles. The monoisotopic (exact) mass is 312 g/mol. The van der Waals surface area contributed by atoms with Gasteiger partial charge in [-0.25, -0.2) is 0 Å². The summed E-state index contributed by atoms with van der Waals surface area (Å²) < 4.78 is 15.8. The molecule has 0 amide bonds. The Kier molecular flexibility index (Phi) is 8.62. The summed E-state index contributed by atoms with van der Waals surface area (Å²) in [5, 5.41) is 0. The molecule has 0 aromatic heterocycles. The van der Waals surface area contributed by atoms with E-state index in [1.807, 2.05) is 20.8 Å². The molecule has 0 aromatic carbocycles. The van der Waals surface area contributed by atoms with Crippen LogP contribution in [-0.4, -0.2) is 32.1 Å². The summed E-state index contributed by atoms with van der Waals surface area (Å²) in [5.74, 6) is -0.281. The quantitative estimate of drug-likeness (QED) is 0.390. The van der Waals surface area contributed by atoms with Crippen molar-refractivity contribution in [2.75, 3.05) is 13.2 Å². The summed E-state index contributed by atoms with van der Waals surface area (Å²) in [6.07, 6.45) is 1.75. The molecule has 0 aliphatic carbocycles. The second-order valence-electron chi connectivity index (χ2n) is 4.27. The molecule has 0 aliphatic rings. The number of rotatable bonds is 9. The Balaban J connectivity index is 4.10. The summed E-state index contributed by atoms with van der Waals surface area (Å²) in [4.78, 5) is 11.7. The summed E-state index contributed by atoms with van der Waals surface area (Å²) >= 11 is 8.56. The molecule has 0 saturated carbocycles. The first-order valence-corrected chi connectivity index (χ1v) is 9.29. The predicted octanol–water partition coefficient (Wildman–Crippen LogP) is 2.92. The summed E-state index contributed by atoms with van der Waals surface area (Å²) in [6, 6.07) is 0. The highest BCUT2D eigenvalue weighted by molar-refractivity contribution is 8.00. The molecule has 0 heterocycles. The molecule has 0 bridgehead atoms. The van der Waals surface area contributed by atoms with E-state index < -0.39 is 8.80 Å². The van der Waals surface area contributed by atoms with Crippen LogP contribution in [0.15, 0.2) is 0 Å². The molecule has 0 unspecified atom stereocenters. The minimum absolute atomic E-state index is 0.281. The van der Waals surface area contributed by atoms with Crippen molar-refractivity contribution in [1.29, 1.82) is 0 Å². The van der Waals surface area contributed by atoms with E-state index >= 15 is 0 Å². The van der Waals surface area contributed by atoms with Crippen molar-refractivity contribution < 1.29 is 18.1 Å². The normalized spacial score (nSPS) is 12.6. The van der Waals surface area contributed by atoms with E-state index in [1.54, 1.807) is 6.55 Å². The SMILES string of the molecule is CCO[Si](C)(OCC)OC(=O)CCCC(C)(S)S. The third kappa shape index (κ3) is 9.27. The van der Waals surface area contributed by atoms with Crippen LogP contribution in [0.2, 0.25) is 6.55 Å². The molecule has 0 N–H and O–H groups in total. The zero-order chi connectivity index (χ0) is 14.2. The summed E-state index contributed by atoms with van der Waals surface area (Å²) in [7, 11) is -2.80. The van der Waals surface area contributed by atoms with E-state index in [9.17, 15) is 4.79 Å². The molecule has 0 rings (SSSR count). The highest BCUT2D eigenvalue weighted by Crippen LogP contribution is 2.25. The lowest BCUT2D eigenvalue weighted by Crippen LogP contribution is -2.44. The number of thiol groups is 2. The Morgan fingerprint density at radius 1 is 1.22 bits per heavy atom. The van der Waals surface area contributed by atoms with Gasteiger partial charge in [0.05, 0.1) is 4.08 Å². The molecule has 0 spiro atoms. The van der Waals surface area contributed by atoms with E-state index in [4.69, 9.17) is 13.3 Å². The second-order valence-corrected chi connectivity index (χ2v) is 9.11. The van der Waals surface area contributed by atoms with E-state index in [0.29, 0.717) is 26.1 Å². The lowest BCUT2D eigenvalue weighted by Gasteiger charge is -2.24. The molecule has 18 heavy (non-hydrogen) atoms. The Morgan fingerprint density at radius 2 is 1.72 bits per heavy atom. The molecule has 7 heteroatoms. The second kappa shape index (κ2) is 8.47. The maximum absolute atomic E-state index is 11.7. The minimum Gasteiger partial charge on any atom is -0.473 e. The summed E-state index contributed by atoms with van der Waals surface area (Å²) in [6.45, 7) is 8.28. The molecule has 0 fully saturated rings. The zero-order valence-corrected chi connectivity index (χ0v) is 14.4. The van der Waals surface area contributed by atoms with Gasteiger partial charge in [-0.3, -0.25) is 4.79 Å². The van der Waals surface area contributed by atoms with Crippen LogP contribution in [-0.2, 0) is 18.1 Å². The molecule has 0 aliphatic heterocycles. The van der Waals surface area contributed by atoms with Crippen molar-refractivity contribution in [1.82, 2.24) is 0 Å². The average molecular weight is 313 g/mol. The van der Waals surface area contributed by atoms with Crippen LogP contribution in [0.3, 0.4) is 0 Å². The van der Waals surface area contributed by atoms with Crippen molar-refractivity contribution in [2.24, 2.45) is 0 Å². The first kappa shape index (κ1) is 18.3. The van der Waals surface area contributed by atoms with E-state index in [2.05, 4.69) is 25.3 Å². The fourth-order valence-corrected chi connectivity index (χ4v) is 3.53. The first-order chi connectivity index (χ1) is 8.22. The van der Waals surface area contributed by atoms with Crippen LogP contribution in [0, 0.1) is 0 Å². The maximum atomic E-state index is 11.7. The maximum Gasteiger partial charge on any atom is 0.564 e. The van der Waals surface area contributed by atoms with Gasteiger partial charge in [0.25, 0.3) is 5.97 Å². The fourth-order valence-electron chi connectivity index (χ4n) is 1.45. The zero-order valence-electron chi connectivity index (χ0n) is 11.6. The lowest BCUT2D eigenvalue weighted by atomic mass is 10.2. The van der Waals surface area contributed by atoms with Gasteiger partial charge in [-0.05, 0) is 33.6 Å². The molecule has 0 atom stereocenters. The predicted molar refractivity (Wildman–Crippen MR) is 81.2 cm³/mol. The average Bonchev–Trinajstić information content (AvgIpc) is 2.15. The van der Waals surface area contributed by atoms with Gasteiger partial charge in [-0.2, -0.15) is 25.3 Å². The van der Waals surface area contributed by atoms with Crippen molar-refractivity contribution in [3.63, 3.8) is 0 Å². The van der Waals surface area contributed by atoms with E-state index in [1.165, 1.54) is 0 Å². The Labute approximate surface area is 122 Å². The molecule has 4 nitrogen and oxygen atoms in total. The minimum atomic E-state index is -2.80. The Morgan fingerprint density at radius 3 is 2.11 bits per heavy atom. The van der Waals surface area contributed by atoms with Gasteiger partial charge in [0, 0.05) is 26.2 Å². The molecule has 108 valence electrons. The van der Waals surface area contributed by atoms with Crippen LogP contribution in [0.5, 0.6) is 0 Å². The lowest BCUT2D eigenvalue weighted by molar-refractivity contribution is -0.139. The third-order valence-corrected chi connectivity index (χ3v) is 4.82. The Hall–Kier alpha value is 0.307. The van der Waals surface area contributed by atoms with Crippen LogP contribution < -0.4 is 0 Å². The van der Waals surface area contributed by atoms with Crippen molar-refractivity contribution in [2.45, 2.75) is 50.7 Å². The van der Waals surface area contributed by atoms with E-state index in [-0.39, 0.29) is 10.0 Å². The third-order valence-electron chi connectivity index (χ3n) is 2.14. The van der Waals surface area contributed by atoms with Gasteiger partial charge in [0.15, 0.2) is 0 Å². The standard InChI is InChI=1S/C11H24O4S2Si/c1-5-13-18(4,14-6-2)15-10(12)8-7-9-11(3,16)17/h16-17H,5-9H2,1-4H3. The van der Waals surface area contributed by atoms with Gasteiger partial charge in [0.1, 0.15) is 0 Å². The smallest absolute Gasteiger partial charge is 0.473 e. The van der Waals surface area contributed by atoms with Crippen LogP contribution in [0.1, 0.15) is 40.0 Å². The van der Waals surface area contributed by atoms with Gasteiger partial charge < -0.3 is 13.3 Å². The molecule has 0 aromatic rings. The number of carbonyl (C=O) groups excluding carboxylic acids is 1. The van der Waals surface area contributed by atoms with Gasteiger partial charge >= 0.3 is 8.80 Å². The van der Waals surface area contributed by atoms with E-state index in [0.717, 1.165) is 6.42 Å². The fraction of sp³-hybridized carbons (Fsp3) is 0.909.